The van der Waals surface area contributed by atoms with Crippen LogP contribution in [0.15, 0.2) is 60.7 Å². The normalized spacial score (nSPS) is 27.6. The van der Waals surface area contributed by atoms with Gasteiger partial charge in [-0.05, 0) is 55.4 Å². The number of unbranched alkanes of at least 4 members (excludes halogenated alkanes) is 25. The van der Waals surface area contributed by atoms with Crippen LogP contribution >= 0.6 is 0 Å². The Balaban J connectivity index is 1.34. The van der Waals surface area contributed by atoms with Gasteiger partial charge in [0.05, 0.1) is 49.8 Å². The van der Waals surface area contributed by atoms with E-state index in [0.29, 0.717) is 12.8 Å². The number of esters is 8. The molecule has 3 N–H and O–H groups in total. The molecule has 26 nitrogen and oxygen atoms in total. The average Bonchev–Trinajstić information content (AvgIpc) is 0.748. The molecule has 0 spiro atoms. The summed E-state index contributed by atoms with van der Waals surface area (Å²) in [5.41, 5.74) is 0.208. The molecule has 112 heavy (non-hydrogen) atoms. The number of benzene rings is 2. The van der Waals surface area contributed by atoms with Crippen LogP contribution in [0.4, 0.5) is 0 Å². The van der Waals surface area contributed by atoms with Crippen LogP contribution in [0.2, 0.25) is 0 Å². The van der Waals surface area contributed by atoms with E-state index < -0.39 is 202 Å². The highest BCUT2D eigenvalue weighted by molar-refractivity contribution is 5.90. The summed E-state index contributed by atoms with van der Waals surface area (Å²) in [6, 6.07) is 14.6. The Morgan fingerprint density at radius 2 is 1.11 bits per heavy atom. The Hall–Kier alpha value is -6.65. The minimum atomic E-state index is -2.41. The number of hydrogen-bond donors (Lipinski definition) is 3. The lowest BCUT2D eigenvalue weighted by molar-refractivity contribution is -0.379. The van der Waals surface area contributed by atoms with E-state index in [4.69, 9.17) is 66.3 Å². The summed E-state index contributed by atoms with van der Waals surface area (Å²) in [4.78, 5) is 124. The number of carbonyl (C=O) groups excluding carboxylic acids is 9. The molecule has 4 aliphatic heterocycles. The van der Waals surface area contributed by atoms with Crippen molar-refractivity contribution in [3.63, 3.8) is 0 Å². The molecular formula is C86H133NO25. The maximum Gasteiger partial charge on any atom is 0.366 e. The third kappa shape index (κ3) is 31.9. The van der Waals surface area contributed by atoms with Crippen LogP contribution in [0.25, 0.3) is 0 Å². The molecule has 6 rings (SSSR count). The second-order valence-electron chi connectivity index (χ2n) is 31.2. The SMILES string of the molecule is CCCCCCCCCCCCCCCCCC(=O)N[C@H]1CO[C@@H]2O[C@@H](COC(=O)CCC(=O)O[C@H](CCCCCCCCCCCCCC)[C@H]1OC(C)=O)[C@@H](O[C@@H]1OC(COC(=O)c3ccccc3)[C@H](C)[C@H](O[C@]3(C(=O)OC)CC(C)[C@H](C)[C@H]([C@H](C)C(COC(C)=O)OC(C)=O)O3)C1OC(=O)c1ccccc1)C(O)C2O. The summed E-state index contributed by atoms with van der Waals surface area (Å²) in [7, 11) is 1.12. The molecule has 2 aromatic rings. The summed E-state index contributed by atoms with van der Waals surface area (Å²) in [5, 5.41) is 28.2. The maximum atomic E-state index is 14.9. The van der Waals surface area contributed by atoms with Gasteiger partial charge in [0.25, 0.3) is 5.79 Å². The van der Waals surface area contributed by atoms with Crippen molar-refractivity contribution in [3.05, 3.63) is 71.8 Å². The number of cyclic esters (lactones) is 2. The summed E-state index contributed by atoms with van der Waals surface area (Å²) in [5.74, 6) is -12.2. The van der Waals surface area contributed by atoms with Crippen molar-refractivity contribution in [2.24, 2.45) is 23.7 Å². The number of rotatable bonds is 46. The molecule has 1 amide bonds. The minimum absolute atomic E-state index is 0.0315. The molecule has 6 unspecified atom stereocenters. The smallest absolute Gasteiger partial charge is 0.366 e. The predicted octanol–water partition coefficient (Wildman–Crippen LogP) is 13.7. The van der Waals surface area contributed by atoms with Gasteiger partial charge in [-0.15, -0.1) is 0 Å². The first-order valence-corrected chi connectivity index (χ1v) is 41.9. The van der Waals surface area contributed by atoms with Crippen molar-refractivity contribution in [2.75, 3.05) is 33.5 Å². The van der Waals surface area contributed by atoms with Gasteiger partial charge < -0.3 is 81.8 Å². The second-order valence-corrected chi connectivity index (χ2v) is 31.2. The monoisotopic (exact) mass is 1580 g/mol. The molecular weight excluding hydrogens is 1450 g/mol. The molecule has 632 valence electrons. The van der Waals surface area contributed by atoms with Crippen LogP contribution in [0.5, 0.6) is 0 Å². The first kappa shape index (κ1) is 94.2. The Kier molecular flexibility index (Phi) is 43.2. The summed E-state index contributed by atoms with van der Waals surface area (Å²) < 4.78 is 87.5. The highest BCUT2D eigenvalue weighted by Crippen LogP contribution is 2.46. The lowest BCUT2D eigenvalue weighted by atomic mass is 9.76. The molecule has 0 aromatic heterocycles. The zero-order valence-corrected chi connectivity index (χ0v) is 68.4. The summed E-state index contributed by atoms with van der Waals surface area (Å²) in [6.07, 6.45) is 7.86. The van der Waals surface area contributed by atoms with Gasteiger partial charge in [0.2, 0.25) is 5.91 Å². The van der Waals surface area contributed by atoms with Crippen LogP contribution in [-0.2, 0) is 99.9 Å². The van der Waals surface area contributed by atoms with Crippen LogP contribution in [-0.4, -0.2) is 189 Å². The largest absolute Gasteiger partial charge is 0.465 e. The third-order valence-corrected chi connectivity index (χ3v) is 22.0. The van der Waals surface area contributed by atoms with E-state index in [1.165, 1.54) is 141 Å². The Morgan fingerprint density at radius 3 is 1.64 bits per heavy atom. The van der Waals surface area contributed by atoms with E-state index in [2.05, 4.69) is 19.2 Å². The fourth-order valence-electron chi connectivity index (χ4n) is 15.3. The molecule has 4 heterocycles. The second kappa shape index (κ2) is 51.3. The fourth-order valence-corrected chi connectivity index (χ4v) is 15.3. The third-order valence-electron chi connectivity index (χ3n) is 22.0. The van der Waals surface area contributed by atoms with E-state index in [0.717, 1.165) is 71.3 Å². The van der Waals surface area contributed by atoms with E-state index >= 15 is 0 Å². The average molecular weight is 1580 g/mol. The predicted molar refractivity (Wildman–Crippen MR) is 413 cm³/mol. The molecule has 0 saturated carbocycles. The number of fused-ring (bicyclic) bond motifs is 2. The summed E-state index contributed by atoms with van der Waals surface area (Å²) in [6.45, 7) is 12.8. The standard InChI is InChI=1S/C86H133NO25/c1-11-13-15-17-19-21-23-25-26-27-29-31-33-35-43-49-71(91)87-66-53-103-83-75(95)74(94)79(70(108-83)56-101-72(92)50-51-73(93)106-67(78(66)105-63(9)90)48-42-34-32-30-28-24-22-20-18-16-14-12-2)110-84-80(109-82(97)65-46-40-37-41-47-65)77(60(6)69(107-84)55-102-81(96)64-44-38-36-39-45-64)112-86(85(98)99-10)52-57(3)58(4)76(111-86)59(5)68(104-62(8)89)54-100-61(7)88/h36-41,44-47,57-60,66-70,74-80,83-84,94-95H,11-35,42-43,48-56H2,1-10H3,(H,87,91)/t57?,58-,59+,60-,66-,67+,68?,69?,70-,74?,75?,76+,77-,78-,79+,80?,83+,84-,86-/m0/s1. The van der Waals surface area contributed by atoms with Gasteiger partial charge in [-0.1, -0.05) is 238 Å². The minimum Gasteiger partial charge on any atom is -0.465 e. The van der Waals surface area contributed by atoms with Crippen LogP contribution < -0.4 is 5.32 Å². The maximum absolute atomic E-state index is 14.9. The number of nitrogens with one attached hydrogen (secondary N) is 1. The fraction of sp³-hybridized carbons (Fsp3) is 0.756. The first-order chi connectivity index (χ1) is 53.9. The first-order valence-electron chi connectivity index (χ1n) is 41.9. The lowest BCUT2D eigenvalue weighted by Gasteiger charge is -2.52. The van der Waals surface area contributed by atoms with Gasteiger partial charge in [-0.3, -0.25) is 28.8 Å². The highest BCUT2D eigenvalue weighted by Gasteiger charge is 2.60. The topological polar surface area (TPSA) is 335 Å². The van der Waals surface area contributed by atoms with Crippen molar-refractivity contribution in [3.8, 4) is 0 Å². The van der Waals surface area contributed by atoms with Gasteiger partial charge in [0, 0.05) is 45.4 Å². The molecule has 2 aromatic carbocycles. The van der Waals surface area contributed by atoms with E-state index in [-0.39, 0.29) is 37.0 Å². The van der Waals surface area contributed by atoms with Crippen LogP contribution in [0.3, 0.4) is 0 Å². The molecule has 0 radical (unpaired) electrons. The van der Waals surface area contributed by atoms with E-state index in [1.54, 1.807) is 50.2 Å². The zero-order chi connectivity index (χ0) is 81.4. The highest BCUT2D eigenvalue weighted by atomic mass is 16.8. The van der Waals surface area contributed by atoms with E-state index in [9.17, 15) is 53.4 Å². The van der Waals surface area contributed by atoms with Gasteiger partial charge >= 0.3 is 47.8 Å². The molecule has 4 aliphatic rings. The van der Waals surface area contributed by atoms with Crippen molar-refractivity contribution in [1.29, 1.82) is 0 Å². The number of aliphatic hydroxyl groups excluding tert-OH is 2. The van der Waals surface area contributed by atoms with Crippen molar-refractivity contribution in [2.45, 2.75) is 359 Å². The Bertz CT molecular complexity index is 3100. The molecule has 4 fully saturated rings. The van der Waals surface area contributed by atoms with Crippen molar-refractivity contribution < 1.29 is 120 Å². The number of hydrogen-bond acceptors (Lipinski definition) is 25. The molecule has 2 bridgehead atoms. The lowest BCUT2D eigenvalue weighted by Crippen LogP contribution is -2.67. The Morgan fingerprint density at radius 1 is 0.571 bits per heavy atom. The Labute approximate surface area is 664 Å². The van der Waals surface area contributed by atoms with Crippen LogP contribution in [0, 0.1) is 23.7 Å². The zero-order valence-electron chi connectivity index (χ0n) is 68.4. The van der Waals surface area contributed by atoms with Gasteiger partial charge in [0.1, 0.15) is 68.7 Å². The number of ether oxygens (including phenoxy) is 14. The molecule has 26 heteroatoms. The number of carbonyl (C=O) groups is 9. The number of aliphatic hydroxyl groups is 2. The quantitative estimate of drug-likeness (QED) is 0.0315. The van der Waals surface area contributed by atoms with Crippen molar-refractivity contribution in [1.82, 2.24) is 5.32 Å². The van der Waals surface area contributed by atoms with E-state index in [1.807, 2.05) is 13.8 Å². The van der Waals surface area contributed by atoms with Gasteiger partial charge in [-0.2, -0.15) is 0 Å². The van der Waals surface area contributed by atoms with Crippen LogP contribution in [0.1, 0.15) is 288 Å². The summed E-state index contributed by atoms with van der Waals surface area (Å²) >= 11 is 0. The van der Waals surface area contributed by atoms with Crippen molar-refractivity contribution >= 4 is 53.7 Å². The van der Waals surface area contributed by atoms with Gasteiger partial charge in [-0.25, -0.2) is 14.4 Å². The molecule has 0 aliphatic carbocycles. The molecule has 4 saturated heterocycles. The number of amides is 1. The molecule has 19 atom stereocenters. The van der Waals surface area contributed by atoms with Gasteiger partial charge in [0.15, 0.2) is 24.8 Å². The number of methoxy groups -OCH3 is 1.